The van der Waals surface area contributed by atoms with Gasteiger partial charge < -0.3 is 9.67 Å². The first-order valence-corrected chi connectivity index (χ1v) is 6.29. The van der Waals surface area contributed by atoms with Crippen LogP contribution in [0.5, 0.6) is 0 Å². The second-order valence-electron chi connectivity index (χ2n) is 4.87. The minimum absolute atomic E-state index is 0.0662. The van der Waals surface area contributed by atoms with E-state index in [2.05, 4.69) is 4.98 Å². The average molecular weight is 261 g/mol. The zero-order valence-electron chi connectivity index (χ0n) is 11.7. The van der Waals surface area contributed by atoms with Crippen LogP contribution in [-0.4, -0.2) is 38.6 Å². The monoisotopic (exact) mass is 261 g/mol. The van der Waals surface area contributed by atoms with Gasteiger partial charge in [0.15, 0.2) is 0 Å². The zero-order chi connectivity index (χ0) is 14.2. The minimum Gasteiger partial charge on any atom is -0.480 e. The maximum Gasteiger partial charge on any atom is 0.320 e. The van der Waals surface area contributed by atoms with Crippen LogP contribution in [0, 0.1) is 0 Å². The second kappa shape index (κ2) is 5.01. The molecule has 0 amide bonds. The summed E-state index contributed by atoms with van der Waals surface area (Å²) in [5.41, 5.74) is 1.99. The lowest BCUT2D eigenvalue weighted by atomic mass is 10.2. The van der Waals surface area contributed by atoms with Gasteiger partial charge in [-0.1, -0.05) is 12.1 Å². The molecule has 0 saturated heterocycles. The van der Waals surface area contributed by atoms with Gasteiger partial charge in [-0.25, -0.2) is 4.98 Å². The zero-order valence-corrected chi connectivity index (χ0v) is 11.7. The molecule has 0 aliphatic heterocycles. The normalized spacial score (nSPS) is 14.8. The van der Waals surface area contributed by atoms with Crippen molar-refractivity contribution in [2.75, 3.05) is 7.05 Å². The highest BCUT2D eigenvalue weighted by atomic mass is 16.4. The Labute approximate surface area is 112 Å². The highest BCUT2D eigenvalue weighted by Crippen LogP contribution is 2.23. The summed E-state index contributed by atoms with van der Waals surface area (Å²) in [7, 11) is 3.77. The third-order valence-electron chi connectivity index (χ3n) is 3.77. The Morgan fingerprint density at radius 2 is 2.00 bits per heavy atom. The summed E-state index contributed by atoms with van der Waals surface area (Å²) in [6.45, 7) is 3.65. The Kier molecular flexibility index (Phi) is 3.57. The molecule has 1 aromatic heterocycles. The first-order chi connectivity index (χ1) is 8.93. The Balaban J connectivity index is 2.38. The quantitative estimate of drug-likeness (QED) is 0.915. The number of nitrogens with zero attached hydrogens (tertiary/aromatic N) is 3. The number of aryl methyl sites for hydroxylation is 1. The van der Waals surface area contributed by atoms with Gasteiger partial charge in [0.25, 0.3) is 0 Å². The van der Waals surface area contributed by atoms with Crippen LogP contribution in [-0.2, 0) is 11.8 Å². The van der Waals surface area contributed by atoms with Gasteiger partial charge in [0.2, 0.25) is 0 Å². The molecule has 0 fully saturated rings. The fraction of sp³-hybridized carbons (Fsp3) is 0.429. The van der Waals surface area contributed by atoms with Gasteiger partial charge in [0.1, 0.15) is 11.9 Å². The van der Waals surface area contributed by atoms with E-state index in [4.69, 9.17) is 5.11 Å². The van der Waals surface area contributed by atoms with Crippen LogP contribution in [0.2, 0.25) is 0 Å². The van der Waals surface area contributed by atoms with E-state index in [0.717, 1.165) is 16.9 Å². The minimum atomic E-state index is -0.826. The fourth-order valence-corrected chi connectivity index (χ4v) is 2.23. The SMILES string of the molecule is CC(C(=O)O)N(C)C(C)c1nc2ccccc2n1C. The number of hydrogen-bond acceptors (Lipinski definition) is 3. The molecule has 1 aromatic carbocycles. The number of likely N-dealkylation sites (N-methyl/N-ethyl adjacent to an activating group) is 1. The van der Waals surface area contributed by atoms with Gasteiger partial charge >= 0.3 is 5.97 Å². The number of aliphatic carboxylic acids is 1. The number of para-hydroxylation sites is 2. The van der Waals surface area contributed by atoms with E-state index in [1.807, 2.05) is 54.8 Å². The lowest BCUT2D eigenvalue weighted by Gasteiger charge is -2.27. The van der Waals surface area contributed by atoms with Crippen molar-refractivity contribution >= 4 is 17.0 Å². The lowest BCUT2D eigenvalue weighted by molar-refractivity contribution is -0.142. The van der Waals surface area contributed by atoms with Crippen molar-refractivity contribution in [3.05, 3.63) is 30.1 Å². The van der Waals surface area contributed by atoms with Crippen molar-refractivity contribution in [2.45, 2.75) is 25.9 Å². The van der Waals surface area contributed by atoms with Crippen LogP contribution in [0.4, 0.5) is 0 Å². The Bertz CT molecular complexity index is 606. The van der Waals surface area contributed by atoms with Gasteiger partial charge in [0.05, 0.1) is 17.1 Å². The first kappa shape index (κ1) is 13.5. The molecule has 2 unspecified atom stereocenters. The molecule has 0 aliphatic carbocycles. The molecule has 0 radical (unpaired) electrons. The maximum absolute atomic E-state index is 11.1. The van der Waals surface area contributed by atoms with Crippen molar-refractivity contribution in [2.24, 2.45) is 7.05 Å². The number of imidazole rings is 1. The number of carboxylic acid groups (broad SMARTS) is 1. The van der Waals surface area contributed by atoms with E-state index >= 15 is 0 Å². The van der Waals surface area contributed by atoms with Gasteiger partial charge in [0, 0.05) is 7.05 Å². The van der Waals surface area contributed by atoms with E-state index in [1.165, 1.54) is 0 Å². The molecule has 2 aromatic rings. The Hall–Kier alpha value is -1.88. The molecule has 1 N–H and O–H groups in total. The number of fused-ring (bicyclic) bond motifs is 1. The van der Waals surface area contributed by atoms with E-state index in [-0.39, 0.29) is 6.04 Å². The predicted octanol–water partition coefficient (Wildman–Crippen LogP) is 2.04. The highest BCUT2D eigenvalue weighted by molar-refractivity contribution is 5.76. The van der Waals surface area contributed by atoms with E-state index in [1.54, 1.807) is 6.92 Å². The summed E-state index contributed by atoms with van der Waals surface area (Å²) in [5.74, 6) is 0.0462. The number of hydrogen-bond donors (Lipinski definition) is 1. The number of aromatic nitrogens is 2. The van der Waals surface area contributed by atoms with Gasteiger partial charge in [-0.3, -0.25) is 9.69 Å². The van der Waals surface area contributed by atoms with E-state index < -0.39 is 12.0 Å². The summed E-state index contributed by atoms with van der Waals surface area (Å²) in [6, 6.07) is 7.29. The third kappa shape index (κ3) is 2.33. The van der Waals surface area contributed by atoms with Crippen LogP contribution in [0.3, 0.4) is 0 Å². The Morgan fingerprint density at radius 3 is 2.58 bits per heavy atom. The predicted molar refractivity (Wildman–Crippen MR) is 74.0 cm³/mol. The molecule has 2 rings (SSSR count). The number of carbonyl (C=O) groups is 1. The summed E-state index contributed by atoms with van der Waals surface area (Å²) in [6.07, 6.45) is 0. The van der Waals surface area contributed by atoms with Crippen LogP contribution >= 0.6 is 0 Å². The molecule has 2 atom stereocenters. The van der Waals surface area contributed by atoms with Crippen LogP contribution in [0.25, 0.3) is 11.0 Å². The molecule has 0 bridgehead atoms. The summed E-state index contributed by atoms with van der Waals surface area (Å²) >= 11 is 0. The molecule has 5 heteroatoms. The lowest BCUT2D eigenvalue weighted by Crippen LogP contribution is -2.38. The molecular weight excluding hydrogens is 242 g/mol. The molecule has 19 heavy (non-hydrogen) atoms. The second-order valence-corrected chi connectivity index (χ2v) is 4.87. The molecule has 0 saturated carbocycles. The smallest absolute Gasteiger partial charge is 0.320 e. The van der Waals surface area contributed by atoms with Gasteiger partial charge in [-0.15, -0.1) is 0 Å². The van der Waals surface area contributed by atoms with Gasteiger partial charge in [-0.05, 0) is 33.0 Å². The van der Waals surface area contributed by atoms with Crippen LogP contribution in [0.1, 0.15) is 25.7 Å². The third-order valence-corrected chi connectivity index (χ3v) is 3.77. The van der Waals surface area contributed by atoms with Gasteiger partial charge in [-0.2, -0.15) is 0 Å². The fourth-order valence-electron chi connectivity index (χ4n) is 2.23. The molecule has 0 aliphatic rings. The summed E-state index contributed by atoms with van der Waals surface area (Å²) in [4.78, 5) is 17.5. The van der Waals surface area contributed by atoms with Crippen molar-refractivity contribution < 1.29 is 9.90 Å². The highest BCUT2D eigenvalue weighted by Gasteiger charge is 2.25. The van der Waals surface area contributed by atoms with Crippen molar-refractivity contribution in [3.8, 4) is 0 Å². The van der Waals surface area contributed by atoms with Crippen molar-refractivity contribution in [1.29, 1.82) is 0 Å². The number of rotatable bonds is 4. The first-order valence-electron chi connectivity index (χ1n) is 6.29. The van der Waals surface area contributed by atoms with Crippen LogP contribution < -0.4 is 0 Å². The summed E-state index contributed by atoms with van der Waals surface area (Å²) < 4.78 is 2.02. The Morgan fingerprint density at radius 1 is 1.37 bits per heavy atom. The van der Waals surface area contributed by atoms with Crippen molar-refractivity contribution in [3.63, 3.8) is 0 Å². The number of benzene rings is 1. The van der Waals surface area contributed by atoms with E-state index in [9.17, 15) is 4.79 Å². The average Bonchev–Trinajstić information content (AvgIpc) is 2.74. The number of carboxylic acids is 1. The molecule has 102 valence electrons. The molecular formula is C14H19N3O2. The standard InChI is InChI=1S/C14H19N3O2/c1-9(16(3)10(2)14(18)19)13-15-11-7-5-6-8-12(11)17(13)4/h5-10H,1-4H3,(H,18,19). The van der Waals surface area contributed by atoms with E-state index in [0.29, 0.717) is 0 Å². The summed E-state index contributed by atoms with van der Waals surface area (Å²) in [5, 5.41) is 9.09. The molecule has 5 nitrogen and oxygen atoms in total. The molecule has 1 heterocycles. The maximum atomic E-state index is 11.1. The molecule has 0 spiro atoms. The van der Waals surface area contributed by atoms with Crippen molar-refractivity contribution in [1.82, 2.24) is 14.5 Å². The van der Waals surface area contributed by atoms with Crippen LogP contribution in [0.15, 0.2) is 24.3 Å². The topological polar surface area (TPSA) is 58.4 Å². The largest absolute Gasteiger partial charge is 0.480 e.